The predicted octanol–water partition coefficient (Wildman–Crippen LogP) is 1.84. The van der Waals surface area contributed by atoms with Crippen LogP contribution in [0.15, 0.2) is 57.6 Å². The molecule has 0 saturated carbocycles. The van der Waals surface area contributed by atoms with Crippen LogP contribution < -0.4 is 14.9 Å². The van der Waals surface area contributed by atoms with Crippen molar-refractivity contribution in [1.82, 2.24) is 14.3 Å². The van der Waals surface area contributed by atoms with Gasteiger partial charge < -0.3 is 4.74 Å². The summed E-state index contributed by atoms with van der Waals surface area (Å²) in [5.41, 5.74) is 3.43. The van der Waals surface area contributed by atoms with Crippen molar-refractivity contribution in [3.05, 3.63) is 84.3 Å². The highest BCUT2D eigenvalue weighted by molar-refractivity contribution is 7.07. The van der Waals surface area contributed by atoms with E-state index in [2.05, 4.69) is 10.1 Å². The van der Waals surface area contributed by atoms with Crippen molar-refractivity contribution in [3.63, 3.8) is 0 Å². The van der Waals surface area contributed by atoms with Crippen LogP contribution in [0.1, 0.15) is 36.7 Å². The minimum absolute atomic E-state index is 0.190. The number of hydrogen-bond donors (Lipinski definition) is 0. The average molecular weight is 423 g/mol. The lowest BCUT2D eigenvalue weighted by molar-refractivity contribution is -0.139. The predicted molar refractivity (Wildman–Crippen MR) is 115 cm³/mol. The fourth-order valence-electron chi connectivity index (χ4n) is 3.54. The number of aryl methyl sites for hydroxylation is 1. The van der Waals surface area contributed by atoms with Crippen molar-refractivity contribution >= 4 is 23.4 Å². The molecule has 0 radical (unpaired) electrons. The zero-order valence-electron chi connectivity index (χ0n) is 17.2. The average Bonchev–Trinajstić information content (AvgIpc) is 3.21. The molecule has 1 aliphatic rings. The molecule has 0 bridgehead atoms. The van der Waals surface area contributed by atoms with Gasteiger partial charge in [-0.25, -0.2) is 9.79 Å². The van der Waals surface area contributed by atoms with Crippen LogP contribution in [0.25, 0.3) is 6.08 Å². The summed E-state index contributed by atoms with van der Waals surface area (Å²) >= 11 is 1.31. The summed E-state index contributed by atoms with van der Waals surface area (Å²) in [6.45, 7) is 5.74. The van der Waals surface area contributed by atoms with E-state index in [1.165, 1.54) is 11.3 Å². The van der Waals surface area contributed by atoms with Crippen molar-refractivity contribution < 1.29 is 9.53 Å². The summed E-state index contributed by atoms with van der Waals surface area (Å²) in [4.78, 5) is 31.4. The first-order valence-corrected chi connectivity index (χ1v) is 10.5. The maximum Gasteiger partial charge on any atom is 0.338 e. The van der Waals surface area contributed by atoms with E-state index in [0.717, 1.165) is 16.8 Å². The highest BCUT2D eigenvalue weighted by Crippen LogP contribution is 2.30. The Morgan fingerprint density at radius 2 is 2.00 bits per heavy atom. The van der Waals surface area contributed by atoms with Gasteiger partial charge in [-0.05, 0) is 32.4 Å². The van der Waals surface area contributed by atoms with Crippen LogP contribution >= 0.6 is 11.3 Å². The van der Waals surface area contributed by atoms with E-state index >= 15 is 0 Å². The first-order valence-electron chi connectivity index (χ1n) is 9.65. The monoisotopic (exact) mass is 422 g/mol. The fraction of sp³-hybridized carbons (Fsp3) is 0.273. The summed E-state index contributed by atoms with van der Waals surface area (Å²) in [6, 6.07) is 8.92. The van der Waals surface area contributed by atoms with Crippen LogP contribution in [0.3, 0.4) is 0 Å². The normalized spacial score (nSPS) is 16.4. The number of carbonyl (C=O) groups excluding carboxylic acids is 1. The molecule has 7 nitrogen and oxygen atoms in total. The number of nitrogens with zero attached hydrogens (tertiary/aromatic N) is 4. The number of allylic oxidation sites excluding steroid dienone is 1. The van der Waals surface area contributed by atoms with Crippen LogP contribution in [-0.2, 0) is 16.6 Å². The second-order valence-electron chi connectivity index (χ2n) is 7.02. The summed E-state index contributed by atoms with van der Waals surface area (Å²) in [5.74, 6) is -0.454. The highest BCUT2D eigenvalue weighted by atomic mass is 32.1. The largest absolute Gasteiger partial charge is 0.463 e. The third-order valence-corrected chi connectivity index (χ3v) is 6.18. The van der Waals surface area contributed by atoms with Gasteiger partial charge in [0.05, 0.1) is 34.6 Å². The van der Waals surface area contributed by atoms with Gasteiger partial charge in [-0.2, -0.15) is 5.10 Å². The van der Waals surface area contributed by atoms with Crippen molar-refractivity contribution in [2.24, 2.45) is 12.0 Å². The van der Waals surface area contributed by atoms with E-state index in [0.29, 0.717) is 20.6 Å². The smallest absolute Gasteiger partial charge is 0.338 e. The number of benzene rings is 1. The van der Waals surface area contributed by atoms with Crippen LogP contribution in [0.4, 0.5) is 0 Å². The summed E-state index contributed by atoms with van der Waals surface area (Å²) in [6.07, 6.45) is 3.56. The lowest BCUT2D eigenvalue weighted by atomic mass is 9.96. The molecule has 0 spiro atoms. The first-order chi connectivity index (χ1) is 14.4. The van der Waals surface area contributed by atoms with E-state index in [4.69, 9.17) is 4.74 Å². The Morgan fingerprint density at radius 3 is 2.63 bits per heavy atom. The number of esters is 1. The molecular weight excluding hydrogens is 400 g/mol. The Kier molecular flexibility index (Phi) is 5.26. The number of ether oxygens (including phenoxy) is 1. The topological polar surface area (TPSA) is 78.5 Å². The van der Waals surface area contributed by atoms with Crippen molar-refractivity contribution in [2.75, 3.05) is 6.61 Å². The Balaban J connectivity index is 1.97. The Bertz CT molecular complexity index is 1330. The second-order valence-corrected chi connectivity index (χ2v) is 8.03. The molecule has 154 valence electrons. The molecule has 0 unspecified atom stereocenters. The van der Waals surface area contributed by atoms with Crippen LogP contribution in [0.5, 0.6) is 0 Å². The van der Waals surface area contributed by atoms with E-state index in [1.54, 1.807) is 29.3 Å². The Hall–Kier alpha value is -3.26. The number of aromatic nitrogens is 3. The standard InChI is InChI=1S/C22H22N4O3S/c1-5-29-21(28)18-13(2)24-22-26(19(18)15-9-7-6-8-10-15)20(27)17(30-22)11-16-12-23-25(4)14(16)3/h6-12,19H,5H2,1-4H3/b17-11+/t19-/m1/s1. The number of fused-ring (bicyclic) bond motifs is 1. The van der Waals surface area contributed by atoms with Gasteiger partial charge in [0.2, 0.25) is 0 Å². The molecule has 0 amide bonds. The highest BCUT2D eigenvalue weighted by Gasteiger charge is 2.33. The molecule has 0 N–H and O–H groups in total. The molecule has 30 heavy (non-hydrogen) atoms. The number of thiazole rings is 1. The van der Waals surface area contributed by atoms with E-state index in [-0.39, 0.29) is 12.2 Å². The minimum Gasteiger partial charge on any atom is -0.463 e. The lowest BCUT2D eigenvalue weighted by Gasteiger charge is -2.24. The zero-order valence-corrected chi connectivity index (χ0v) is 18.1. The van der Waals surface area contributed by atoms with Gasteiger partial charge in [-0.3, -0.25) is 14.0 Å². The molecule has 0 fully saturated rings. The molecule has 2 aromatic heterocycles. The van der Waals surface area contributed by atoms with Crippen LogP contribution in [0, 0.1) is 6.92 Å². The molecule has 1 aromatic carbocycles. The number of carbonyl (C=O) groups is 1. The van der Waals surface area contributed by atoms with Gasteiger partial charge in [-0.15, -0.1) is 0 Å². The van der Waals surface area contributed by atoms with Gasteiger partial charge >= 0.3 is 5.97 Å². The van der Waals surface area contributed by atoms with Crippen molar-refractivity contribution in [3.8, 4) is 0 Å². The van der Waals surface area contributed by atoms with Gasteiger partial charge in [0.1, 0.15) is 0 Å². The molecule has 1 atom stereocenters. The quantitative estimate of drug-likeness (QED) is 0.601. The molecule has 3 aromatic rings. The molecule has 0 saturated heterocycles. The van der Waals surface area contributed by atoms with Crippen molar-refractivity contribution in [2.45, 2.75) is 26.8 Å². The van der Waals surface area contributed by atoms with Gasteiger partial charge in [-0.1, -0.05) is 41.7 Å². The zero-order chi connectivity index (χ0) is 21.4. The van der Waals surface area contributed by atoms with Gasteiger partial charge in [0.15, 0.2) is 4.80 Å². The maximum atomic E-state index is 13.4. The number of rotatable bonds is 4. The van der Waals surface area contributed by atoms with E-state index < -0.39 is 12.0 Å². The van der Waals surface area contributed by atoms with Crippen molar-refractivity contribution in [1.29, 1.82) is 0 Å². The Labute approximate surface area is 177 Å². The molecule has 1 aliphatic heterocycles. The van der Waals surface area contributed by atoms with Crippen LogP contribution in [0.2, 0.25) is 0 Å². The molecular formula is C22H22N4O3S. The number of hydrogen-bond acceptors (Lipinski definition) is 6. The Morgan fingerprint density at radius 1 is 1.27 bits per heavy atom. The molecule has 8 heteroatoms. The summed E-state index contributed by atoms with van der Waals surface area (Å²) in [7, 11) is 1.86. The summed E-state index contributed by atoms with van der Waals surface area (Å²) in [5, 5.41) is 4.24. The third kappa shape index (κ3) is 3.33. The van der Waals surface area contributed by atoms with E-state index in [1.807, 2.05) is 50.4 Å². The fourth-order valence-corrected chi connectivity index (χ4v) is 4.58. The lowest BCUT2D eigenvalue weighted by Crippen LogP contribution is -2.39. The third-order valence-electron chi connectivity index (χ3n) is 5.19. The van der Waals surface area contributed by atoms with E-state index in [9.17, 15) is 9.59 Å². The second kappa shape index (κ2) is 7.87. The molecule has 0 aliphatic carbocycles. The molecule has 3 heterocycles. The maximum absolute atomic E-state index is 13.4. The van der Waals surface area contributed by atoms with Gasteiger partial charge in [0.25, 0.3) is 5.56 Å². The van der Waals surface area contributed by atoms with Gasteiger partial charge in [0, 0.05) is 18.3 Å². The summed E-state index contributed by atoms with van der Waals surface area (Å²) < 4.78 is 9.19. The molecule has 4 rings (SSSR count). The minimum atomic E-state index is -0.585. The first kappa shape index (κ1) is 20.0. The SMILES string of the molecule is CCOC(=O)C1=C(C)N=c2s/c(=C/c3cnn(C)c3C)c(=O)n2[C@@H]1c1ccccc1. The van der Waals surface area contributed by atoms with Crippen LogP contribution in [-0.4, -0.2) is 26.9 Å².